The molecule has 1 aromatic carbocycles. The Balaban J connectivity index is 1.34. The van der Waals surface area contributed by atoms with Crippen molar-refractivity contribution in [3.05, 3.63) is 59.9 Å². The third-order valence-electron chi connectivity index (χ3n) is 5.90. The topological polar surface area (TPSA) is 71.5 Å². The van der Waals surface area contributed by atoms with Crippen LogP contribution < -0.4 is 10.1 Å². The number of methoxy groups -OCH3 is 1. The first-order chi connectivity index (χ1) is 14.2. The van der Waals surface area contributed by atoms with Gasteiger partial charge in [0.2, 0.25) is 5.91 Å². The molecule has 1 aliphatic heterocycles. The van der Waals surface area contributed by atoms with Crippen molar-refractivity contribution in [1.29, 1.82) is 0 Å². The van der Waals surface area contributed by atoms with Crippen LogP contribution in [0.15, 0.2) is 48.7 Å². The molecule has 2 heterocycles. The van der Waals surface area contributed by atoms with Gasteiger partial charge in [0.25, 0.3) is 5.91 Å². The molecular formula is C23H27N3O3. The second kappa shape index (κ2) is 8.64. The number of hydrogen-bond acceptors (Lipinski definition) is 4. The molecule has 2 aromatic rings. The maximum atomic E-state index is 12.9. The van der Waals surface area contributed by atoms with E-state index < -0.39 is 0 Å². The summed E-state index contributed by atoms with van der Waals surface area (Å²) < 4.78 is 5.24. The van der Waals surface area contributed by atoms with Gasteiger partial charge in [-0.2, -0.15) is 0 Å². The predicted octanol–water partition coefficient (Wildman–Crippen LogP) is 3.21. The van der Waals surface area contributed by atoms with E-state index in [2.05, 4.69) is 10.3 Å². The number of carbonyl (C=O) groups excluding carboxylic acids is 2. The van der Waals surface area contributed by atoms with Crippen LogP contribution in [0.3, 0.4) is 0 Å². The van der Waals surface area contributed by atoms with Crippen LogP contribution in [0.25, 0.3) is 0 Å². The number of benzene rings is 1. The molecule has 2 aliphatic rings. The first-order valence-electron chi connectivity index (χ1n) is 10.3. The zero-order chi connectivity index (χ0) is 20.2. The van der Waals surface area contributed by atoms with E-state index >= 15 is 0 Å². The number of nitrogens with one attached hydrogen (secondary N) is 1. The van der Waals surface area contributed by atoms with Gasteiger partial charge < -0.3 is 15.0 Å². The summed E-state index contributed by atoms with van der Waals surface area (Å²) in [5.41, 5.74) is 1.59. The average Bonchev–Trinajstić information content (AvgIpc) is 3.63. The number of rotatable bonds is 6. The van der Waals surface area contributed by atoms with Crippen LogP contribution in [0, 0.1) is 11.8 Å². The van der Waals surface area contributed by atoms with Crippen molar-refractivity contribution in [1.82, 2.24) is 15.2 Å². The molecule has 1 N–H and O–H groups in total. The molecule has 4 rings (SSSR count). The molecule has 2 fully saturated rings. The van der Waals surface area contributed by atoms with Crippen molar-refractivity contribution in [3.8, 4) is 5.75 Å². The lowest BCUT2D eigenvalue weighted by Gasteiger charge is -2.32. The summed E-state index contributed by atoms with van der Waals surface area (Å²) in [6, 6.07) is 13.4. The zero-order valence-corrected chi connectivity index (χ0v) is 16.7. The van der Waals surface area contributed by atoms with E-state index in [1.54, 1.807) is 30.3 Å². The Hall–Kier alpha value is -2.89. The van der Waals surface area contributed by atoms with Crippen LogP contribution in [-0.2, 0) is 4.79 Å². The number of amides is 2. The van der Waals surface area contributed by atoms with Crippen molar-refractivity contribution in [2.75, 3.05) is 20.2 Å². The fourth-order valence-corrected chi connectivity index (χ4v) is 3.98. The molecule has 1 aromatic heterocycles. The lowest BCUT2D eigenvalue weighted by molar-refractivity contribution is -0.127. The van der Waals surface area contributed by atoms with Gasteiger partial charge in [-0.05, 0) is 61.4 Å². The Morgan fingerprint density at radius 3 is 2.38 bits per heavy atom. The van der Waals surface area contributed by atoms with Gasteiger partial charge in [0.1, 0.15) is 11.4 Å². The van der Waals surface area contributed by atoms with E-state index in [4.69, 9.17) is 4.74 Å². The Kier molecular flexibility index (Phi) is 5.79. The highest BCUT2D eigenvalue weighted by Gasteiger charge is 2.36. The Labute approximate surface area is 171 Å². The molecule has 0 radical (unpaired) electrons. The molecule has 1 saturated heterocycles. The lowest BCUT2D eigenvalue weighted by Crippen LogP contribution is -2.44. The monoisotopic (exact) mass is 393 g/mol. The molecule has 152 valence electrons. The summed E-state index contributed by atoms with van der Waals surface area (Å²) in [6.07, 6.45) is 5.29. The number of pyridine rings is 1. The standard InChI is InChI=1S/C23H27N3O3/c1-29-19-9-7-17(8-10-19)21(16-5-6-16)25-22(27)18-11-14-26(15-12-18)23(28)20-4-2-3-13-24-20/h2-4,7-10,13,16,18,21H,5-6,11-12,14-15H2,1H3,(H,25,27). The number of ether oxygens (including phenoxy) is 1. The van der Waals surface area contributed by atoms with E-state index in [-0.39, 0.29) is 23.8 Å². The van der Waals surface area contributed by atoms with E-state index in [1.807, 2.05) is 30.3 Å². The largest absolute Gasteiger partial charge is 0.497 e. The van der Waals surface area contributed by atoms with Crippen LogP contribution >= 0.6 is 0 Å². The minimum atomic E-state index is -0.0569. The van der Waals surface area contributed by atoms with Gasteiger partial charge in [-0.3, -0.25) is 14.6 Å². The summed E-state index contributed by atoms with van der Waals surface area (Å²) in [7, 11) is 1.65. The van der Waals surface area contributed by atoms with Crippen LogP contribution in [0.5, 0.6) is 5.75 Å². The molecule has 0 bridgehead atoms. The molecule has 1 saturated carbocycles. The Morgan fingerprint density at radius 1 is 1.07 bits per heavy atom. The number of aromatic nitrogens is 1. The fourth-order valence-electron chi connectivity index (χ4n) is 3.98. The predicted molar refractivity (Wildman–Crippen MR) is 109 cm³/mol. The minimum absolute atomic E-state index is 0.0534. The van der Waals surface area contributed by atoms with Gasteiger partial charge >= 0.3 is 0 Å². The van der Waals surface area contributed by atoms with Crippen molar-refractivity contribution < 1.29 is 14.3 Å². The molecule has 2 amide bonds. The number of likely N-dealkylation sites (tertiary alicyclic amines) is 1. The summed E-state index contributed by atoms with van der Waals surface area (Å²) >= 11 is 0. The zero-order valence-electron chi connectivity index (χ0n) is 16.7. The molecule has 6 nitrogen and oxygen atoms in total. The SMILES string of the molecule is COc1ccc(C(NC(=O)C2CCN(C(=O)c3ccccn3)CC2)C2CC2)cc1. The normalized spacial score (nSPS) is 18.2. The van der Waals surface area contributed by atoms with E-state index in [0.717, 1.165) is 24.2 Å². The molecule has 1 aliphatic carbocycles. The van der Waals surface area contributed by atoms with Crippen molar-refractivity contribution >= 4 is 11.8 Å². The van der Waals surface area contributed by atoms with Crippen LogP contribution in [0.4, 0.5) is 0 Å². The quantitative estimate of drug-likeness (QED) is 0.818. The third kappa shape index (κ3) is 4.58. The van der Waals surface area contributed by atoms with Gasteiger partial charge in [0, 0.05) is 25.2 Å². The van der Waals surface area contributed by atoms with E-state index in [1.165, 1.54) is 0 Å². The number of piperidine rings is 1. The Morgan fingerprint density at radius 2 is 1.79 bits per heavy atom. The van der Waals surface area contributed by atoms with Crippen LogP contribution in [-0.4, -0.2) is 41.9 Å². The number of nitrogens with zero attached hydrogens (tertiary/aromatic N) is 2. The molecular weight excluding hydrogens is 366 g/mol. The van der Waals surface area contributed by atoms with Gasteiger partial charge in [0.05, 0.1) is 13.2 Å². The van der Waals surface area contributed by atoms with Gasteiger partial charge in [-0.15, -0.1) is 0 Å². The molecule has 6 heteroatoms. The second-order valence-electron chi connectivity index (χ2n) is 7.88. The maximum Gasteiger partial charge on any atom is 0.272 e. The first kappa shape index (κ1) is 19.4. The van der Waals surface area contributed by atoms with Crippen LogP contribution in [0.1, 0.15) is 47.8 Å². The van der Waals surface area contributed by atoms with Crippen molar-refractivity contribution in [2.45, 2.75) is 31.7 Å². The smallest absolute Gasteiger partial charge is 0.272 e. The summed E-state index contributed by atoms with van der Waals surface area (Å²) in [5.74, 6) is 1.32. The van der Waals surface area contributed by atoms with Crippen LogP contribution in [0.2, 0.25) is 0 Å². The van der Waals surface area contributed by atoms with Crippen molar-refractivity contribution in [2.24, 2.45) is 11.8 Å². The maximum absolute atomic E-state index is 12.9. The first-order valence-corrected chi connectivity index (χ1v) is 10.3. The highest BCUT2D eigenvalue weighted by molar-refractivity contribution is 5.92. The highest BCUT2D eigenvalue weighted by Crippen LogP contribution is 2.41. The average molecular weight is 393 g/mol. The van der Waals surface area contributed by atoms with Gasteiger partial charge in [0.15, 0.2) is 0 Å². The summed E-state index contributed by atoms with van der Waals surface area (Å²) in [5, 5.41) is 3.28. The lowest BCUT2D eigenvalue weighted by atomic mass is 9.94. The summed E-state index contributed by atoms with van der Waals surface area (Å²) in [4.78, 5) is 31.4. The van der Waals surface area contributed by atoms with E-state index in [9.17, 15) is 9.59 Å². The van der Waals surface area contributed by atoms with Gasteiger partial charge in [-0.1, -0.05) is 18.2 Å². The fraction of sp³-hybridized carbons (Fsp3) is 0.435. The Bertz CT molecular complexity index is 841. The molecule has 29 heavy (non-hydrogen) atoms. The van der Waals surface area contributed by atoms with E-state index in [0.29, 0.717) is 37.5 Å². The molecule has 1 atom stereocenters. The highest BCUT2D eigenvalue weighted by atomic mass is 16.5. The van der Waals surface area contributed by atoms with Crippen molar-refractivity contribution in [3.63, 3.8) is 0 Å². The number of hydrogen-bond donors (Lipinski definition) is 1. The minimum Gasteiger partial charge on any atom is -0.497 e. The van der Waals surface area contributed by atoms with Gasteiger partial charge in [-0.25, -0.2) is 0 Å². The molecule has 1 unspecified atom stereocenters. The number of carbonyl (C=O) groups is 2. The second-order valence-corrected chi connectivity index (χ2v) is 7.88. The molecule has 0 spiro atoms. The third-order valence-corrected chi connectivity index (χ3v) is 5.90. The summed E-state index contributed by atoms with van der Waals surface area (Å²) in [6.45, 7) is 1.17.